The second-order valence-electron chi connectivity index (χ2n) is 2.59. The van der Waals surface area contributed by atoms with Gasteiger partial charge in [0.15, 0.2) is 0 Å². The number of ether oxygens (including phenoxy) is 2. The predicted octanol–water partition coefficient (Wildman–Crippen LogP) is -0.426. The molecule has 0 unspecified atom stereocenters. The average Bonchev–Trinajstić information content (AvgIpc) is 2.08. The molecule has 1 fully saturated rings. The van der Waals surface area contributed by atoms with Gasteiger partial charge in [-0.3, -0.25) is 4.90 Å². The number of aliphatic hydroxyl groups is 1. The molecular formula is C8H19NO3. The summed E-state index contributed by atoms with van der Waals surface area (Å²) in [7, 11) is 3.25. The molecule has 74 valence electrons. The molecular weight excluding hydrogens is 158 g/mol. The van der Waals surface area contributed by atoms with Crippen LogP contribution < -0.4 is 0 Å². The molecule has 1 saturated heterocycles. The molecule has 0 spiro atoms. The van der Waals surface area contributed by atoms with Crippen molar-refractivity contribution in [1.29, 1.82) is 0 Å². The number of morpholine rings is 1. The van der Waals surface area contributed by atoms with Crippen molar-refractivity contribution in [2.24, 2.45) is 0 Å². The Morgan fingerprint density at radius 2 is 1.83 bits per heavy atom. The monoisotopic (exact) mass is 177 g/mol. The molecule has 0 atom stereocenters. The molecule has 0 aromatic carbocycles. The third-order valence-electron chi connectivity index (χ3n) is 1.52. The van der Waals surface area contributed by atoms with Crippen molar-refractivity contribution in [2.75, 3.05) is 53.7 Å². The van der Waals surface area contributed by atoms with E-state index in [0.29, 0.717) is 0 Å². The number of hydrogen-bond acceptors (Lipinski definition) is 4. The number of aliphatic hydroxyl groups excluding tert-OH is 1. The summed E-state index contributed by atoms with van der Waals surface area (Å²) in [4.78, 5) is 2.20. The van der Waals surface area contributed by atoms with Crippen molar-refractivity contribution >= 4 is 0 Å². The Morgan fingerprint density at radius 3 is 2.25 bits per heavy atom. The van der Waals surface area contributed by atoms with E-state index in [1.165, 1.54) is 0 Å². The van der Waals surface area contributed by atoms with Crippen LogP contribution in [0.5, 0.6) is 0 Å². The van der Waals surface area contributed by atoms with E-state index in [2.05, 4.69) is 9.64 Å². The van der Waals surface area contributed by atoms with Crippen LogP contribution in [0.1, 0.15) is 0 Å². The first-order chi connectivity index (χ1) is 5.85. The Kier molecular flexibility index (Phi) is 8.81. The van der Waals surface area contributed by atoms with Gasteiger partial charge in [-0.25, -0.2) is 0 Å². The highest BCUT2D eigenvalue weighted by Gasteiger charge is 2.07. The molecule has 1 N–H and O–H groups in total. The molecule has 0 aromatic rings. The van der Waals surface area contributed by atoms with Crippen LogP contribution in [-0.4, -0.2) is 63.7 Å². The molecule has 0 saturated carbocycles. The molecule has 0 bridgehead atoms. The zero-order chi connectivity index (χ0) is 9.23. The van der Waals surface area contributed by atoms with Crippen LogP contribution >= 0.6 is 0 Å². The second kappa shape index (κ2) is 8.93. The Morgan fingerprint density at radius 1 is 1.33 bits per heavy atom. The van der Waals surface area contributed by atoms with E-state index in [1.54, 1.807) is 14.2 Å². The van der Waals surface area contributed by atoms with Crippen LogP contribution in [0.15, 0.2) is 0 Å². The second-order valence-corrected chi connectivity index (χ2v) is 2.59. The van der Waals surface area contributed by atoms with Crippen molar-refractivity contribution in [3.63, 3.8) is 0 Å². The highest BCUT2D eigenvalue weighted by Crippen LogP contribution is 1.93. The molecule has 0 radical (unpaired) electrons. The smallest absolute Gasteiger partial charge is 0.0594 e. The van der Waals surface area contributed by atoms with Gasteiger partial charge in [0.1, 0.15) is 0 Å². The summed E-state index contributed by atoms with van der Waals surface area (Å²) >= 11 is 0. The highest BCUT2D eigenvalue weighted by atomic mass is 16.5. The quantitative estimate of drug-likeness (QED) is 0.621. The van der Waals surface area contributed by atoms with Crippen molar-refractivity contribution in [3.05, 3.63) is 0 Å². The van der Waals surface area contributed by atoms with Gasteiger partial charge < -0.3 is 14.6 Å². The summed E-state index contributed by atoms with van der Waals surface area (Å²) in [6.45, 7) is 4.64. The van der Waals surface area contributed by atoms with Gasteiger partial charge in [-0.1, -0.05) is 0 Å². The van der Waals surface area contributed by atoms with E-state index in [9.17, 15) is 0 Å². The lowest BCUT2D eigenvalue weighted by Crippen LogP contribution is -2.37. The average molecular weight is 177 g/mol. The summed E-state index contributed by atoms with van der Waals surface area (Å²) < 4.78 is 9.37. The van der Waals surface area contributed by atoms with Crippen LogP contribution in [0.3, 0.4) is 0 Å². The lowest BCUT2D eigenvalue weighted by molar-refractivity contribution is 0.0306. The Hall–Kier alpha value is -0.160. The van der Waals surface area contributed by atoms with Crippen molar-refractivity contribution in [3.8, 4) is 0 Å². The van der Waals surface area contributed by atoms with Crippen LogP contribution in [-0.2, 0) is 9.47 Å². The fraction of sp³-hybridized carbons (Fsp3) is 1.00. The molecule has 1 heterocycles. The molecule has 12 heavy (non-hydrogen) atoms. The van der Waals surface area contributed by atoms with Gasteiger partial charge in [0.25, 0.3) is 0 Å². The van der Waals surface area contributed by atoms with Gasteiger partial charge in [0.2, 0.25) is 0 Å². The van der Waals surface area contributed by atoms with E-state index in [4.69, 9.17) is 9.84 Å². The molecule has 4 heteroatoms. The Bertz CT molecular complexity index is 81.6. The van der Waals surface area contributed by atoms with Gasteiger partial charge >= 0.3 is 0 Å². The SMILES string of the molecule is COC.OCCN1CCOCC1. The fourth-order valence-corrected chi connectivity index (χ4v) is 0.966. The minimum absolute atomic E-state index is 0.264. The number of β-amino-alcohol motifs (C(OH)–C–C–N with tert-alkyl or cyclic N) is 1. The van der Waals surface area contributed by atoms with E-state index in [1.807, 2.05) is 0 Å². The van der Waals surface area contributed by atoms with E-state index >= 15 is 0 Å². The molecule has 1 aliphatic heterocycles. The number of methoxy groups -OCH3 is 1. The maximum Gasteiger partial charge on any atom is 0.0594 e. The largest absolute Gasteiger partial charge is 0.395 e. The summed E-state index contributed by atoms with van der Waals surface area (Å²) in [6, 6.07) is 0. The van der Waals surface area contributed by atoms with Crippen LogP contribution in [0, 0.1) is 0 Å². The van der Waals surface area contributed by atoms with Gasteiger partial charge in [0.05, 0.1) is 19.8 Å². The Balaban J connectivity index is 0.000000354. The highest BCUT2D eigenvalue weighted by molar-refractivity contribution is 4.59. The van der Waals surface area contributed by atoms with Crippen molar-refractivity contribution < 1.29 is 14.6 Å². The first-order valence-corrected chi connectivity index (χ1v) is 4.16. The van der Waals surface area contributed by atoms with E-state index in [0.717, 1.165) is 32.8 Å². The third-order valence-corrected chi connectivity index (χ3v) is 1.52. The third kappa shape index (κ3) is 6.54. The number of rotatable bonds is 2. The first-order valence-electron chi connectivity index (χ1n) is 4.16. The summed E-state index contributed by atoms with van der Waals surface area (Å²) in [6.07, 6.45) is 0. The molecule has 1 aliphatic rings. The van der Waals surface area contributed by atoms with Crippen LogP contribution in [0.4, 0.5) is 0 Å². The van der Waals surface area contributed by atoms with Crippen LogP contribution in [0.25, 0.3) is 0 Å². The normalized spacial score (nSPS) is 18.2. The topological polar surface area (TPSA) is 41.9 Å². The lowest BCUT2D eigenvalue weighted by Gasteiger charge is -2.25. The minimum atomic E-state index is 0.264. The maximum atomic E-state index is 8.54. The summed E-state index contributed by atoms with van der Waals surface area (Å²) in [5, 5.41) is 8.54. The predicted molar refractivity (Wildman–Crippen MR) is 47.3 cm³/mol. The minimum Gasteiger partial charge on any atom is -0.395 e. The molecule has 1 rings (SSSR count). The van der Waals surface area contributed by atoms with Gasteiger partial charge in [-0.15, -0.1) is 0 Å². The zero-order valence-electron chi connectivity index (χ0n) is 7.95. The number of nitrogens with zero attached hydrogens (tertiary/aromatic N) is 1. The van der Waals surface area contributed by atoms with Crippen molar-refractivity contribution in [1.82, 2.24) is 4.90 Å². The molecule has 0 aromatic heterocycles. The molecule has 0 aliphatic carbocycles. The molecule has 4 nitrogen and oxygen atoms in total. The fourth-order valence-electron chi connectivity index (χ4n) is 0.966. The lowest BCUT2D eigenvalue weighted by atomic mass is 10.4. The van der Waals surface area contributed by atoms with Crippen molar-refractivity contribution in [2.45, 2.75) is 0 Å². The summed E-state index contributed by atoms with van der Waals surface area (Å²) in [5.74, 6) is 0. The van der Waals surface area contributed by atoms with Crippen LogP contribution in [0.2, 0.25) is 0 Å². The zero-order valence-corrected chi connectivity index (χ0v) is 7.95. The van der Waals surface area contributed by atoms with Gasteiger partial charge in [-0.2, -0.15) is 0 Å². The van der Waals surface area contributed by atoms with Gasteiger partial charge in [-0.05, 0) is 0 Å². The van der Waals surface area contributed by atoms with E-state index < -0.39 is 0 Å². The Labute approximate surface area is 74.1 Å². The maximum absolute atomic E-state index is 8.54. The van der Waals surface area contributed by atoms with Gasteiger partial charge in [0, 0.05) is 33.9 Å². The first kappa shape index (κ1) is 11.8. The number of hydrogen-bond donors (Lipinski definition) is 1. The standard InChI is InChI=1S/C6H13NO2.C2H6O/c8-4-1-7-2-5-9-6-3-7;1-3-2/h8H,1-6H2;1-2H3. The van der Waals surface area contributed by atoms with E-state index in [-0.39, 0.29) is 6.61 Å². The summed E-state index contributed by atoms with van der Waals surface area (Å²) in [5.41, 5.74) is 0. The molecule has 0 amide bonds.